The van der Waals surface area contributed by atoms with Crippen LogP contribution in [0, 0.1) is 6.92 Å². The minimum Gasteiger partial charge on any atom is -0.324 e. The van der Waals surface area contributed by atoms with Crippen LogP contribution in [-0.2, 0) is 12.4 Å². The van der Waals surface area contributed by atoms with Crippen LogP contribution in [0.5, 0.6) is 0 Å². The Kier molecular flexibility index (Phi) is 5.86. The molecule has 34 heavy (non-hydrogen) atoms. The monoisotopic (exact) mass is 486 g/mol. The third kappa shape index (κ3) is 4.48. The number of H-pyrrole nitrogens is 1. The number of anilines is 1. The number of aromatic amines is 1. The number of rotatable bonds is 2. The van der Waals surface area contributed by atoms with E-state index in [1.807, 2.05) is 0 Å². The van der Waals surface area contributed by atoms with E-state index in [9.17, 15) is 35.9 Å². The van der Waals surface area contributed by atoms with Gasteiger partial charge in [0.25, 0.3) is 0 Å². The van der Waals surface area contributed by atoms with Gasteiger partial charge in [-0.05, 0) is 55.7 Å². The normalized spacial score (nSPS) is 15.7. The number of amides is 2. The molecule has 0 unspecified atom stereocenters. The van der Waals surface area contributed by atoms with Gasteiger partial charge in [0.05, 0.1) is 22.2 Å². The third-order valence-electron chi connectivity index (χ3n) is 5.95. The average molecular weight is 486 g/mol. The van der Waals surface area contributed by atoms with Gasteiger partial charge in [0.1, 0.15) is 0 Å². The number of fused-ring (bicyclic) bond motifs is 1. The second kappa shape index (κ2) is 8.41. The molecule has 0 spiro atoms. The van der Waals surface area contributed by atoms with Gasteiger partial charge in [-0.2, -0.15) is 26.3 Å². The van der Waals surface area contributed by atoms with Crippen LogP contribution in [0.15, 0.2) is 41.2 Å². The number of nitrogens with zero attached hydrogens (tertiary/aromatic N) is 2. The zero-order chi connectivity index (χ0) is 24.8. The van der Waals surface area contributed by atoms with Crippen molar-refractivity contribution in [1.82, 2.24) is 14.5 Å². The molecule has 2 amide bonds. The first-order chi connectivity index (χ1) is 15.9. The molecule has 0 bridgehead atoms. The molecule has 2 heterocycles. The molecule has 1 saturated heterocycles. The highest BCUT2D eigenvalue weighted by atomic mass is 19.4. The highest BCUT2D eigenvalue weighted by molar-refractivity contribution is 5.90. The van der Waals surface area contributed by atoms with E-state index in [1.54, 1.807) is 0 Å². The van der Waals surface area contributed by atoms with E-state index in [1.165, 1.54) is 30.0 Å². The second-order valence-corrected chi connectivity index (χ2v) is 8.18. The zero-order valence-corrected chi connectivity index (χ0v) is 17.8. The van der Waals surface area contributed by atoms with E-state index in [4.69, 9.17) is 0 Å². The molecule has 1 aliphatic heterocycles. The molecule has 3 aromatic rings. The smallest absolute Gasteiger partial charge is 0.324 e. The summed E-state index contributed by atoms with van der Waals surface area (Å²) >= 11 is 0. The Labute approximate surface area is 189 Å². The van der Waals surface area contributed by atoms with Crippen molar-refractivity contribution in [3.05, 3.63) is 63.6 Å². The number of aryl methyl sites for hydroxylation is 1. The molecule has 6 nitrogen and oxygen atoms in total. The quantitative estimate of drug-likeness (QED) is 0.467. The average Bonchev–Trinajstić information content (AvgIpc) is 3.09. The zero-order valence-electron chi connectivity index (χ0n) is 17.8. The molecular formula is C22H20F6N4O2. The van der Waals surface area contributed by atoms with Crippen LogP contribution < -0.4 is 11.0 Å². The Morgan fingerprint density at radius 3 is 2.29 bits per heavy atom. The largest absolute Gasteiger partial charge is 0.418 e. The number of hydrogen-bond donors (Lipinski definition) is 2. The van der Waals surface area contributed by atoms with Gasteiger partial charge < -0.3 is 15.2 Å². The molecule has 1 aliphatic rings. The molecule has 0 aliphatic carbocycles. The van der Waals surface area contributed by atoms with Gasteiger partial charge in [0.2, 0.25) is 0 Å². The highest BCUT2D eigenvalue weighted by Crippen LogP contribution is 2.36. The molecule has 0 radical (unpaired) electrons. The topological polar surface area (TPSA) is 70.1 Å². The molecule has 1 fully saturated rings. The van der Waals surface area contributed by atoms with Gasteiger partial charge in [0.15, 0.2) is 0 Å². The number of halogens is 6. The van der Waals surface area contributed by atoms with Crippen molar-refractivity contribution in [2.24, 2.45) is 0 Å². The van der Waals surface area contributed by atoms with Crippen LogP contribution >= 0.6 is 0 Å². The number of aromatic nitrogens is 2. The first-order valence-corrected chi connectivity index (χ1v) is 10.4. The summed E-state index contributed by atoms with van der Waals surface area (Å²) in [6, 6.07) is 5.43. The summed E-state index contributed by atoms with van der Waals surface area (Å²) < 4.78 is 80.2. The SMILES string of the molecule is Cc1cc(C(F)(F)F)ccc1NC(=O)N1CCC(n2c(=O)[nH]c3cccc(C(F)(F)F)c32)CC1. The predicted molar refractivity (Wildman–Crippen MR) is 113 cm³/mol. The van der Waals surface area contributed by atoms with Crippen LogP contribution in [0.1, 0.15) is 35.6 Å². The lowest BCUT2D eigenvalue weighted by Gasteiger charge is -2.33. The van der Waals surface area contributed by atoms with Gasteiger partial charge in [-0.25, -0.2) is 9.59 Å². The third-order valence-corrected chi connectivity index (χ3v) is 5.95. The fourth-order valence-electron chi connectivity index (χ4n) is 4.26. The van der Waals surface area contributed by atoms with E-state index in [2.05, 4.69) is 10.3 Å². The Hall–Kier alpha value is -3.44. The summed E-state index contributed by atoms with van der Waals surface area (Å²) in [6.07, 6.45) is -8.67. The number of hydrogen-bond acceptors (Lipinski definition) is 2. The number of alkyl halides is 6. The van der Waals surface area contributed by atoms with Gasteiger partial charge >= 0.3 is 24.1 Å². The van der Waals surface area contributed by atoms with Crippen molar-refractivity contribution in [2.75, 3.05) is 18.4 Å². The molecule has 12 heteroatoms. The summed E-state index contributed by atoms with van der Waals surface area (Å²) in [4.78, 5) is 29.0. The number of carbonyl (C=O) groups is 1. The van der Waals surface area contributed by atoms with Crippen molar-refractivity contribution < 1.29 is 31.1 Å². The van der Waals surface area contributed by atoms with Gasteiger partial charge in [-0.1, -0.05) is 6.07 Å². The van der Waals surface area contributed by atoms with Gasteiger partial charge in [-0.3, -0.25) is 4.57 Å². The lowest BCUT2D eigenvalue weighted by atomic mass is 10.0. The molecule has 2 N–H and O–H groups in total. The number of carbonyl (C=O) groups excluding carboxylic acids is 1. The van der Waals surface area contributed by atoms with Crippen molar-refractivity contribution in [2.45, 2.75) is 38.2 Å². The number of imidazole rings is 1. The minimum atomic E-state index is -4.64. The number of para-hydroxylation sites is 1. The minimum absolute atomic E-state index is 0.0813. The van der Waals surface area contributed by atoms with E-state index in [-0.39, 0.29) is 48.2 Å². The Morgan fingerprint density at radius 2 is 1.71 bits per heavy atom. The molecule has 182 valence electrons. The number of piperidine rings is 1. The summed E-state index contributed by atoms with van der Waals surface area (Å²) in [6.45, 7) is 1.76. The fourth-order valence-corrected chi connectivity index (χ4v) is 4.26. The number of urea groups is 1. The van der Waals surface area contributed by atoms with Crippen molar-refractivity contribution in [3.8, 4) is 0 Å². The Morgan fingerprint density at radius 1 is 1.03 bits per heavy atom. The summed E-state index contributed by atoms with van der Waals surface area (Å²) in [5.74, 6) is 0. The maximum atomic E-state index is 13.5. The molecule has 0 atom stereocenters. The lowest BCUT2D eigenvalue weighted by Crippen LogP contribution is -2.42. The second-order valence-electron chi connectivity index (χ2n) is 8.18. The van der Waals surface area contributed by atoms with Crippen LogP contribution in [0.25, 0.3) is 11.0 Å². The van der Waals surface area contributed by atoms with E-state index >= 15 is 0 Å². The fraction of sp³-hybridized carbons (Fsp3) is 0.364. The van der Waals surface area contributed by atoms with Crippen LogP contribution in [-0.4, -0.2) is 33.6 Å². The number of likely N-dealkylation sites (tertiary alicyclic amines) is 1. The molecule has 0 saturated carbocycles. The lowest BCUT2D eigenvalue weighted by molar-refractivity contribution is -0.138. The van der Waals surface area contributed by atoms with Gasteiger partial charge in [0, 0.05) is 24.8 Å². The van der Waals surface area contributed by atoms with E-state index < -0.39 is 41.2 Å². The van der Waals surface area contributed by atoms with Crippen LogP contribution in [0.4, 0.5) is 36.8 Å². The number of nitrogens with one attached hydrogen (secondary N) is 2. The first kappa shape index (κ1) is 23.7. The summed E-state index contributed by atoms with van der Waals surface area (Å²) in [7, 11) is 0. The Bertz CT molecular complexity index is 1280. The highest BCUT2D eigenvalue weighted by Gasteiger charge is 2.36. The maximum absolute atomic E-state index is 13.5. The van der Waals surface area contributed by atoms with Crippen molar-refractivity contribution >= 4 is 22.8 Å². The van der Waals surface area contributed by atoms with Crippen LogP contribution in [0.2, 0.25) is 0 Å². The van der Waals surface area contributed by atoms with Gasteiger partial charge in [-0.15, -0.1) is 0 Å². The van der Waals surface area contributed by atoms with E-state index in [0.29, 0.717) is 0 Å². The number of benzene rings is 2. The molecule has 1 aromatic heterocycles. The predicted octanol–water partition coefficient (Wildman–Crippen LogP) is 5.54. The van der Waals surface area contributed by atoms with Crippen molar-refractivity contribution in [3.63, 3.8) is 0 Å². The van der Waals surface area contributed by atoms with E-state index in [0.717, 1.165) is 22.8 Å². The summed E-state index contributed by atoms with van der Waals surface area (Å²) in [5, 5.41) is 2.57. The molecule has 4 rings (SSSR count). The maximum Gasteiger partial charge on any atom is 0.418 e. The first-order valence-electron chi connectivity index (χ1n) is 10.4. The summed E-state index contributed by atoms with van der Waals surface area (Å²) in [5.41, 5.74) is -2.07. The standard InChI is InChI=1S/C22H20F6N4O2/c1-12-11-13(21(23,24)25)5-6-16(12)29-19(33)31-9-7-14(8-10-31)32-18-15(22(26,27)28)3-2-4-17(18)30-20(32)34/h2-6,11,14H,7-10H2,1H3,(H,29,33)(H,30,34). The molecule has 2 aromatic carbocycles. The van der Waals surface area contributed by atoms with Crippen LogP contribution in [0.3, 0.4) is 0 Å². The molecular weight excluding hydrogens is 466 g/mol. The van der Waals surface area contributed by atoms with Crippen molar-refractivity contribution in [1.29, 1.82) is 0 Å². The Balaban J connectivity index is 1.49.